The first kappa shape index (κ1) is 10.1. The molecule has 80 valence electrons. The van der Waals surface area contributed by atoms with E-state index < -0.39 is 0 Å². The molecule has 2 aliphatic rings. The highest BCUT2D eigenvalue weighted by atomic mass is 16.5. The lowest BCUT2D eigenvalue weighted by molar-refractivity contribution is -0.124. The minimum absolute atomic E-state index is 0.260. The Morgan fingerprint density at radius 2 is 1.93 bits per heavy atom. The normalized spacial score (nSPS) is 23.7. The standard InChI is InChI=1S/C11H19NO2/c13-11(8-12-7-9-1-2-9)10-3-5-14-6-4-10/h9-10,12H,1-8H2. The third-order valence-electron chi connectivity index (χ3n) is 3.11. The average Bonchev–Trinajstić information content (AvgIpc) is 3.03. The molecule has 0 spiro atoms. The van der Waals surface area contributed by atoms with E-state index in [0.29, 0.717) is 12.3 Å². The Bertz CT molecular complexity index is 195. The van der Waals surface area contributed by atoms with Gasteiger partial charge in [-0.05, 0) is 38.1 Å². The van der Waals surface area contributed by atoms with Crippen LogP contribution in [0.1, 0.15) is 25.7 Å². The van der Waals surface area contributed by atoms with Crippen LogP contribution in [0.4, 0.5) is 0 Å². The molecule has 3 heteroatoms. The van der Waals surface area contributed by atoms with Gasteiger partial charge < -0.3 is 10.1 Å². The number of ketones is 1. The van der Waals surface area contributed by atoms with Gasteiger partial charge in [0.25, 0.3) is 0 Å². The highest BCUT2D eigenvalue weighted by molar-refractivity contribution is 5.83. The number of hydrogen-bond donors (Lipinski definition) is 1. The van der Waals surface area contributed by atoms with Crippen molar-refractivity contribution in [2.45, 2.75) is 25.7 Å². The van der Waals surface area contributed by atoms with Gasteiger partial charge in [-0.15, -0.1) is 0 Å². The van der Waals surface area contributed by atoms with Crippen molar-refractivity contribution in [1.82, 2.24) is 5.32 Å². The second kappa shape index (κ2) is 4.89. The monoisotopic (exact) mass is 197 g/mol. The third kappa shape index (κ3) is 3.07. The van der Waals surface area contributed by atoms with Gasteiger partial charge in [0.05, 0.1) is 6.54 Å². The highest BCUT2D eigenvalue weighted by Crippen LogP contribution is 2.27. The van der Waals surface area contributed by atoms with Gasteiger partial charge in [0, 0.05) is 19.1 Å². The first-order valence-corrected chi connectivity index (χ1v) is 5.67. The summed E-state index contributed by atoms with van der Waals surface area (Å²) in [6.07, 6.45) is 4.53. The predicted molar refractivity (Wildman–Crippen MR) is 54.1 cm³/mol. The van der Waals surface area contributed by atoms with Crippen molar-refractivity contribution < 1.29 is 9.53 Å². The van der Waals surface area contributed by atoms with Crippen LogP contribution in [-0.2, 0) is 9.53 Å². The Hall–Kier alpha value is -0.410. The maximum absolute atomic E-state index is 11.7. The molecule has 1 heterocycles. The third-order valence-corrected chi connectivity index (χ3v) is 3.11. The molecule has 2 rings (SSSR count). The fourth-order valence-electron chi connectivity index (χ4n) is 1.89. The lowest BCUT2D eigenvalue weighted by Gasteiger charge is -2.20. The molecule has 2 fully saturated rings. The largest absolute Gasteiger partial charge is 0.381 e. The molecular formula is C11H19NO2. The molecule has 1 N–H and O–H groups in total. The smallest absolute Gasteiger partial charge is 0.149 e. The summed E-state index contributed by atoms with van der Waals surface area (Å²) in [5, 5.41) is 3.25. The maximum atomic E-state index is 11.7. The number of hydrogen-bond acceptors (Lipinski definition) is 3. The van der Waals surface area contributed by atoms with Crippen LogP contribution < -0.4 is 5.32 Å². The molecule has 0 unspecified atom stereocenters. The van der Waals surface area contributed by atoms with Gasteiger partial charge in [0.15, 0.2) is 0 Å². The molecule has 0 atom stereocenters. The van der Waals surface area contributed by atoms with Gasteiger partial charge in [0.1, 0.15) is 5.78 Å². The molecule has 0 aromatic rings. The molecule has 1 saturated carbocycles. The molecule has 0 aromatic carbocycles. The van der Waals surface area contributed by atoms with E-state index in [9.17, 15) is 4.79 Å². The summed E-state index contributed by atoms with van der Waals surface area (Å²) in [5.41, 5.74) is 0. The minimum atomic E-state index is 0.260. The fourth-order valence-corrected chi connectivity index (χ4v) is 1.89. The zero-order chi connectivity index (χ0) is 9.80. The van der Waals surface area contributed by atoms with Crippen LogP contribution in [0.3, 0.4) is 0 Å². The molecule has 0 aromatic heterocycles. The Labute approximate surface area is 85.2 Å². The van der Waals surface area contributed by atoms with Crippen molar-refractivity contribution in [1.29, 1.82) is 0 Å². The molecule has 1 aliphatic heterocycles. The van der Waals surface area contributed by atoms with E-state index >= 15 is 0 Å². The number of ether oxygens (including phenoxy) is 1. The fraction of sp³-hybridized carbons (Fsp3) is 0.909. The van der Waals surface area contributed by atoms with Gasteiger partial charge in [0.2, 0.25) is 0 Å². The molecule has 0 amide bonds. The molecular weight excluding hydrogens is 178 g/mol. The summed E-state index contributed by atoms with van der Waals surface area (Å²) in [7, 11) is 0. The van der Waals surface area contributed by atoms with Crippen LogP contribution in [0.15, 0.2) is 0 Å². The van der Waals surface area contributed by atoms with Crippen molar-refractivity contribution in [2.24, 2.45) is 11.8 Å². The van der Waals surface area contributed by atoms with Crippen LogP contribution in [0.2, 0.25) is 0 Å². The minimum Gasteiger partial charge on any atom is -0.381 e. The summed E-state index contributed by atoms with van der Waals surface area (Å²) in [4.78, 5) is 11.7. The Balaban J connectivity index is 1.60. The molecule has 1 saturated heterocycles. The van der Waals surface area contributed by atoms with Crippen LogP contribution in [0, 0.1) is 11.8 Å². The highest BCUT2D eigenvalue weighted by Gasteiger charge is 2.23. The van der Waals surface area contributed by atoms with Crippen LogP contribution in [0.25, 0.3) is 0 Å². The molecule has 0 bridgehead atoms. The SMILES string of the molecule is O=C(CNCC1CC1)C1CCOCC1. The maximum Gasteiger partial charge on any atom is 0.149 e. The number of carbonyl (C=O) groups is 1. The molecule has 14 heavy (non-hydrogen) atoms. The first-order chi connectivity index (χ1) is 6.86. The second-order valence-corrected chi connectivity index (χ2v) is 4.43. The van der Waals surface area contributed by atoms with Gasteiger partial charge in [-0.1, -0.05) is 0 Å². The van der Waals surface area contributed by atoms with Crippen molar-refractivity contribution >= 4 is 5.78 Å². The Kier molecular flexibility index (Phi) is 3.54. The van der Waals surface area contributed by atoms with E-state index in [1.54, 1.807) is 0 Å². The summed E-state index contributed by atoms with van der Waals surface area (Å²) in [5.74, 6) is 1.50. The summed E-state index contributed by atoms with van der Waals surface area (Å²) >= 11 is 0. The lowest BCUT2D eigenvalue weighted by Crippen LogP contribution is -2.32. The summed E-state index contributed by atoms with van der Waals surface area (Å²) < 4.78 is 5.23. The van der Waals surface area contributed by atoms with Crippen LogP contribution in [0.5, 0.6) is 0 Å². The van der Waals surface area contributed by atoms with Crippen molar-refractivity contribution in [3.05, 3.63) is 0 Å². The number of carbonyl (C=O) groups excluding carboxylic acids is 1. The van der Waals surface area contributed by atoms with E-state index in [1.807, 2.05) is 0 Å². The molecule has 0 radical (unpaired) electrons. The van der Waals surface area contributed by atoms with E-state index in [1.165, 1.54) is 12.8 Å². The van der Waals surface area contributed by atoms with Gasteiger partial charge >= 0.3 is 0 Å². The van der Waals surface area contributed by atoms with E-state index in [0.717, 1.165) is 38.5 Å². The van der Waals surface area contributed by atoms with Gasteiger partial charge in [-0.25, -0.2) is 0 Å². The number of nitrogens with one attached hydrogen (secondary N) is 1. The van der Waals surface area contributed by atoms with Gasteiger partial charge in [-0.2, -0.15) is 0 Å². The average molecular weight is 197 g/mol. The Morgan fingerprint density at radius 1 is 1.21 bits per heavy atom. The predicted octanol–water partition coefficient (Wildman–Crippen LogP) is 0.982. The van der Waals surface area contributed by atoms with Gasteiger partial charge in [-0.3, -0.25) is 4.79 Å². The first-order valence-electron chi connectivity index (χ1n) is 5.67. The molecule has 1 aliphatic carbocycles. The van der Waals surface area contributed by atoms with Crippen molar-refractivity contribution in [3.8, 4) is 0 Å². The molecule has 3 nitrogen and oxygen atoms in total. The van der Waals surface area contributed by atoms with Crippen molar-refractivity contribution in [3.63, 3.8) is 0 Å². The number of rotatable bonds is 5. The lowest BCUT2D eigenvalue weighted by atomic mass is 9.95. The van der Waals surface area contributed by atoms with Crippen molar-refractivity contribution in [2.75, 3.05) is 26.3 Å². The number of Topliss-reactive ketones (excluding diaryl/α,β-unsaturated/α-hetero) is 1. The van der Waals surface area contributed by atoms with Crippen LogP contribution in [-0.4, -0.2) is 32.1 Å². The zero-order valence-corrected chi connectivity index (χ0v) is 8.63. The topological polar surface area (TPSA) is 38.3 Å². The summed E-state index contributed by atoms with van der Waals surface area (Å²) in [6, 6.07) is 0. The van der Waals surface area contributed by atoms with E-state index in [4.69, 9.17) is 4.74 Å². The Morgan fingerprint density at radius 3 is 2.57 bits per heavy atom. The van der Waals surface area contributed by atoms with Crippen LogP contribution >= 0.6 is 0 Å². The zero-order valence-electron chi connectivity index (χ0n) is 8.63. The second-order valence-electron chi connectivity index (χ2n) is 4.43. The van der Waals surface area contributed by atoms with E-state index in [2.05, 4.69) is 5.32 Å². The quantitative estimate of drug-likeness (QED) is 0.714. The summed E-state index contributed by atoms with van der Waals surface area (Å²) in [6.45, 7) is 3.13. The van der Waals surface area contributed by atoms with E-state index in [-0.39, 0.29) is 5.92 Å².